The van der Waals surface area contributed by atoms with Crippen LogP contribution in [0.5, 0.6) is 11.5 Å². The number of ether oxygens (including phenoxy) is 2. The highest BCUT2D eigenvalue weighted by Crippen LogP contribution is 2.36. The van der Waals surface area contributed by atoms with Gasteiger partial charge in [-0.3, -0.25) is 0 Å². The van der Waals surface area contributed by atoms with Crippen molar-refractivity contribution in [3.63, 3.8) is 0 Å². The van der Waals surface area contributed by atoms with Crippen molar-refractivity contribution in [1.82, 2.24) is 14.9 Å². The van der Waals surface area contributed by atoms with Crippen LogP contribution in [-0.4, -0.2) is 49.2 Å². The molecule has 0 amide bonds. The van der Waals surface area contributed by atoms with E-state index in [1.807, 2.05) is 24.4 Å². The summed E-state index contributed by atoms with van der Waals surface area (Å²) in [6, 6.07) is 17.3. The van der Waals surface area contributed by atoms with Crippen LogP contribution in [0.3, 0.4) is 0 Å². The Labute approximate surface area is 189 Å². The molecule has 1 fully saturated rings. The number of piperidine rings is 1. The first-order valence-electron chi connectivity index (χ1n) is 11.1. The van der Waals surface area contributed by atoms with Gasteiger partial charge in [0.05, 0.1) is 14.2 Å². The fourth-order valence-electron chi connectivity index (χ4n) is 4.69. The van der Waals surface area contributed by atoms with E-state index >= 15 is 0 Å². The maximum Gasteiger partial charge on any atom is 0.161 e. The minimum Gasteiger partial charge on any atom is -0.493 e. The molecule has 0 spiro atoms. The average molecular weight is 428 g/mol. The van der Waals surface area contributed by atoms with Crippen molar-refractivity contribution >= 4 is 11.0 Å². The number of nitrogens with one attached hydrogen (secondary N) is 1. The van der Waals surface area contributed by atoms with E-state index in [2.05, 4.69) is 58.4 Å². The smallest absolute Gasteiger partial charge is 0.161 e. The molecular weight excluding hydrogens is 398 g/mol. The summed E-state index contributed by atoms with van der Waals surface area (Å²) in [5, 5.41) is 1.12. The molecular formula is C27H29N3O2. The van der Waals surface area contributed by atoms with E-state index in [4.69, 9.17) is 9.47 Å². The van der Waals surface area contributed by atoms with E-state index in [-0.39, 0.29) is 0 Å². The maximum atomic E-state index is 5.48. The molecule has 5 heteroatoms. The van der Waals surface area contributed by atoms with Gasteiger partial charge in [0.25, 0.3) is 0 Å². The lowest BCUT2D eigenvalue weighted by Crippen LogP contribution is -2.29. The molecule has 0 aliphatic carbocycles. The minimum atomic E-state index is 0.668. The van der Waals surface area contributed by atoms with Gasteiger partial charge in [0.15, 0.2) is 11.5 Å². The Morgan fingerprint density at radius 3 is 2.31 bits per heavy atom. The van der Waals surface area contributed by atoms with Crippen molar-refractivity contribution in [3.05, 3.63) is 66.5 Å². The number of pyridine rings is 1. The molecule has 2 aromatic heterocycles. The van der Waals surface area contributed by atoms with Gasteiger partial charge in [-0.1, -0.05) is 30.3 Å². The molecule has 4 aromatic rings. The minimum absolute atomic E-state index is 0.668. The number of hydrogen-bond acceptors (Lipinski definition) is 4. The second kappa shape index (κ2) is 8.67. The van der Waals surface area contributed by atoms with Gasteiger partial charge in [0.2, 0.25) is 0 Å². The highest BCUT2D eigenvalue weighted by molar-refractivity contribution is 5.95. The SMILES string of the molecule is COc1ccc(-c2cnc3[nH]cc(-c4ccc(C5CCN(C)CC5)cc4)c3c2)cc1OC. The average Bonchev–Trinajstić information content (AvgIpc) is 3.27. The quantitative estimate of drug-likeness (QED) is 0.442. The lowest BCUT2D eigenvalue weighted by molar-refractivity contribution is 0.255. The highest BCUT2D eigenvalue weighted by Gasteiger charge is 2.18. The third kappa shape index (κ3) is 3.84. The van der Waals surface area contributed by atoms with Gasteiger partial charge >= 0.3 is 0 Å². The van der Waals surface area contributed by atoms with Crippen molar-refractivity contribution < 1.29 is 9.47 Å². The molecule has 1 aliphatic rings. The molecule has 5 rings (SSSR count). The summed E-state index contributed by atoms with van der Waals surface area (Å²) in [6.45, 7) is 2.36. The fourth-order valence-corrected chi connectivity index (χ4v) is 4.69. The first kappa shape index (κ1) is 20.6. The molecule has 5 nitrogen and oxygen atoms in total. The Morgan fingerprint density at radius 1 is 0.875 bits per heavy atom. The van der Waals surface area contributed by atoms with Crippen molar-refractivity contribution in [3.8, 4) is 33.8 Å². The van der Waals surface area contributed by atoms with E-state index in [0.29, 0.717) is 11.7 Å². The lowest BCUT2D eigenvalue weighted by atomic mass is 9.88. The summed E-state index contributed by atoms with van der Waals surface area (Å²) in [5.41, 5.74) is 6.81. The normalized spacial score (nSPS) is 15.2. The molecule has 0 atom stereocenters. The van der Waals surface area contributed by atoms with E-state index in [1.165, 1.54) is 42.6 Å². The Bertz CT molecular complexity index is 1220. The van der Waals surface area contributed by atoms with Crippen LogP contribution in [-0.2, 0) is 0 Å². The highest BCUT2D eigenvalue weighted by atomic mass is 16.5. The number of rotatable bonds is 5. The van der Waals surface area contributed by atoms with Crippen LogP contribution in [0.2, 0.25) is 0 Å². The summed E-state index contributed by atoms with van der Waals surface area (Å²) < 4.78 is 10.8. The molecule has 164 valence electrons. The number of aromatic amines is 1. The van der Waals surface area contributed by atoms with Crippen LogP contribution in [0.25, 0.3) is 33.3 Å². The zero-order chi connectivity index (χ0) is 22.1. The van der Waals surface area contributed by atoms with Gasteiger partial charge in [-0.2, -0.15) is 0 Å². The van der Waals surface area contributed by atoms with Crippen LogP contribution in [0.1, 0.15) is 24.3 Å². The molecule has 0 radical (unpaired) electrons. The Morgan fingerprint density at radius 2 is 1.59 bits per heavy atom. The van der Waals surface area contributed by atoms with E-state index in [9.17, 15) is 0 Å². The number of benzene rings is 2. The zero-order valence-electron chi connectivity index (χ0n) is 18.9. The third-order valence-electron chi connectivity index (χ3n) is 6.66. The van der Waals surface area contributed by atoms with Crippen LogP contribution < -0.4 is 9.47 Å². The Kier molecular flexibility index (Phi) is 5.58. The van der Waals surface area contributed by atoms with Crippen LogP contribution in [0.4, 0.5) is 0 Å². The number of nitrogens with zero attached hydrogens (tertiary/aromatic N) is 2. The predicted octanol–water partition coefficient (Wildman–Crippen LogP) is 5.72. The monoisotopic (exact) mass is 427 g/mol. The summed E-state index contributed by atoms with van der Waals surface area (Å²) in [7, 11) is 5.51. The molecule has 2 aromatic carbocycles. The Balaban J connectivity index is 1.47. The van der Waals surface area contributed by atoms with Gasteiger partial charge in [-0.15, -0.1) is 0 Å². The van der Waals surface area contributed by atoms with Crippen LogP contribution in [0, 0.1) is 0 Å². The number of hydrogen-bond donors (Lipinski definition) is 1. The molecule has 0 bridgehead atoms. The number of methoxy groups -OCH3 is 2. The van der Waals surface area contributed by atoms with Gasteiger partial charge in [-0.05, 0) is 73.8 Å². The van der Waals surface area contributed by atoms with Crippen molar-refractivity contribution in [2.24, 2.45) is 0 Å². The maximum absolute atomic E-state index is 5.48. The summed E-state index contributed by atoms with van der Waals surface area (Å²) in [5.74, 6) is 2.10. The Hall–Kier alpha value is -3.31. The van der Waals surface area contributed by atoms with Crippen molar-refractivity contribution in [1.29, 1.82) is 0 Å². The van der Waals surface area contributed by atoms with Crippen molar-refractivity contribution in [2.75, 3.05) is 34.4 Å². The standard InChI is InChI=1S/C27H29N3O2/c1-30-12-10-19(11-13-30)18-4-6-20(7-5-18)24-17-29-27-23(24)14-22(16-28-27)21-8-9-25(31-2)26(15-21)32-3/h4-9,14-17,19H,10-13H2,1-3H3,(H,28,29). The number of likely N-dealkylation sites (tertiary alicyclic amines) is 1. The van der Waals surface area contributed by atoms with E-state index in [1.54, 1.807) is 14.2 Å². The van der Waals surface area contributed by atoms with Gasteiger partial charge in [0, 0.05) is 28.9 Å². The predicted molar refractivity (Wildman–Crippen MR) is 130 cm³/mol. The molecule has 32 heavy (non-hydrogen) atoms. The molecule has 0 saturated carbocycles. The molecule has 1 N–H and O–H groups in total. The third-order valence-corrected chi connectivity index (χ3v) is 6.66. The molecule has 1 aliphatic heterocycles. The number of H-pyrrole nitrogens is 1. The topological polar surface area (TPSA) is 50.4 Å². The molecule has 3 heterocycles. The van der Waals surface area contributed by atoms with Gasteiger partial charge in [0.1, 0.15) is 5.65 Å². The molecule has 1 saturated heterocycles. The second-order valence-corrected chi connectivity index (χ2v) is 8.59. The second-order valence-electron chi connectivity index (χ2n) is 8.59. The fraction of sp³-hybridized carbons (Fsp3) is 0.296. The van der Waals surface area contributed by atoms with Crippen molar-refractivity contribution in [2.45, 2.75) is 18.8 Å². The largest absolute Gasteiger partial charge is 0.493 e. The van der Waals surface area contributed by atoms with E-state index in [0.717, 1.165) is 27.9 Å². The lowest BCUT2D eigenvalue weighted by Gasteiger charge is -2.29. The van der Waals surface area contributed by atoms with Crippen LogP contribution in [0.15, 0.2) is 60.9 Å². The van der Waals surface area contributed by atoms with Crippen LogP contribution >= 0.6 is 0 Å². The summed E-state index contributed by atoms with van der Waals surface area (Å²) in [6.07, 6.45) is 6.43. The van der Waals surface area contributed by atoms with E-state index < -0.39 is 0 Å². The summed E-state index contributed by atoms with van der Waals surface area (Å²) >= 11 is 0. The first-order valence-corrected chi connectivity index (χ1v) is 11.1. The molecule has 0 unspecified atom stereocenters. The number of aromatic nitrogens is 2. The first-order chi connectivity index (χ1) is 15.7. The summed E-state index contributed by atoms with van der Waals surface area (Å²) in [4.78, 5) is 10.4. The number of fused-ring (bicyclic) bond motifs is 1. The van der Waals surface area contributed by atoms with Gasteiger partial charge in [-0.25, -0.2) is 4.98 Å². The van der Waals surface area contributed by atoms with Gasteiger partial charge < -0.3 is 19.4 Å². The zero-order valence-corrected chi connectivity index (χ0v) is 18.9.